The van der Waals surface area contributed by atoms with E-state index in [0.29, 0.717) is 10.9 Å². The molecule has 2 N–H and O–H groups in total. The van der Waals surface area contributed by atoms with Crippen molar-refractivity contribution in [2.75, 3.05) is 18.0 Å². The van der Waals surface area contributed by atoms with Crippen LogP contribution in [0, 0.1) is 5.92 Å². The minimum Gasteiger partial charge on any atom is -0.339 e. The molecular formula is C10H15ClN4. The fraction of sp³-hybridized carbons (Fsp3) is 0.600. The van der Waals surface area contributed by atoms with Crippen molar-refractivity contribution in [3.05, 3.63) is 17.4 Å². The van der Waals surface area contributed by atoms with Crippen molar-refractivity contribution < 1.29 is 0 Å². The normalized spacial score (nSPS) is 26.7. The SMILES string of the molecule is CC1CC(N)CN(c2ncc(Cl)cn2)C1. The maximum Gasteiger partial charge on any atom is 0.225 e. The summed E-state index contributed by atoms with van der Waals surface area (Å²) in [4.78, 5) is 10.5. The summed E-state index contributed by atoms with van der Waals surface area (Å²) < 4.78 is 0. The Morgan fingerprint density at radius 3 is 2.67 bits per heavy atom. The number of nitrogens with two attached hydrogens (primary N) is 1. The van der Waals surface area contributed by atoms with Crippen molar-refractivity contribution in [3.8, 4) is 0 Å². The van der Waals surface area contributed by atoms with Crippen LogP contribution < -0.4 is 10.6 Å². The first-order valence-corrected chi connectivity index (χ1v) is 5.51. The van der Waals surface area contributed by atoms with Crippen LogP contribution in [0.2, 0.25) is 5.02 Å². The molecule has 2 atom stereocenters. The van der Waals surface area contributed by atoms with Crippen LogP contribution >= 0.6 is 11.6 Å². The molecule has 15 heavy (non-hydrogen) atoms. The van der Waals surface area contributed by atoms with E-state index in [4.69, 9.17) is 17.3 Å². The highest BCUT2D eigenvalue weighted by Crippen LogP contribution is 2.19. The smallest absolute Gasteiger partial charge is 0.225 e. The molecule has 2 unspecified atom stereocenters. The lowest BCUT2D eigenvalue weighted by Crippen LogP contribution is -2.47. The topological polar surface area (TPSA) is 55.0 Å². The molecule has 0 bridgehead atoms. The Hall–Kier alpha value is -0.870. The van der Waals surface area contributed by atoms with Gasteiger partial charge in [-0.3, -0.25) is 0 Å². The van der Waals surface area contributed by atoms with E-state index in [0.717, 1.165) is 25.5 Å². The molecule has 0 radical (unpaired) electrons. The van der Waals surface area contributed by atoms with Crippen molar-refractivity contribution >= 4 is 17.5 Å². The first kappa shape index (κ1) is 10.6. The molecule has 1 saturated heterocycles. The Bertz CT molecular complexity index is 317. The summed E-state index contributed by atoms with van der Waals surface area (Å²) in [6.45, 7) is 3.99. The van der Waals surface area contributed by atoms with Gasteiger partial charge in [0.25, 0.3) is 0 Å². The van der Waals surface area contributed by atoms with Crippen LogP contribution in [0.4, 0.5) is 5.95 Å². The summed E-state index contributed by atoms with van der Waals surface area (Å²) in [6, 6.07) is 0.216. The van der Waals surface area contributed by atoms with E-state index in [1.165, 1.54) is 0 Å². The third-order valence-electron chi connectivity index (χ3n) is 2.58. The van der Waals surface area contributed by atoms with Crippen LogP contribution in [0.3, 0.4) is 0 Å². The van der Waals surface area contributed by atoms with Crippen LogP contribution in [0.15, 0.2) is 12.4 Å². The molecule has 0 amide bonds. The molecule has 2 heterocycles. The number of halogens is 1. The molecule has 1 fully saturated rings. The minimum absolute atomic E-state index is 0.216. The highest BCUT2D eigenvalue weighted by molar-refractivity contribution is 6.30. The van der Waals surface area contributed by atoms with Gasteiger partial charge in [0, 0.05) is 19.1 Å². The van der Waals surface area contributed by atoms with Crippen molar-refractivity contribution in [1.82, 2.24) is 9.97 Å². The average Bonchev–Trinajstić information content (AvgIpc) is 2.17. The zero-order chi connectivity index (χ0) is 10.8. The molecule has 5 heteroatoms. The molecule has 0 saturated carbocycles. The second kappa shape index (κ2) is 4.33. The molecule has 0 aliphatic carbocycles. The first-order valence-electron chi connectivity index (χ1n) is 5.13. The van der Waals surface area contributed by atoms with Crippen molar-refractivity contribution in [2.45, 2.75) is 19.4 Å². The molecule has 0 aromatic carbocycles. The van der Waals surface area contributed by atoms with Gasteiger partial charge < -0.3 is 10.6 Å². The number of anilines is 1. The summed E-state index contributed by atoms with van der Waals surface area (Å²) in [5.41, 5.74) is 5.96. The van der Waals surface area contributed by atoms with Gasteiger partial charge in [0.15, 0.2) is 0 Å². The molecule has 82 valence electrons. The quantitative estimate of drug-likeness (QED) is 0.785. The Morgan fingerprint density at radius 2 is 2.07 bits per heavy atom. The van der Waals surface area contributed by atoms with Gasteiger partial charge in [-0.15, -0.1) is 0 Å². The maximum atomic E-state index is 5.96. The second-order valence-electron chi connectivity index (χ2n) is 4.21. The molecule has 2 rings (SSSR count). The summed E-state index contributed by atoms with van der Waals surface area (Å²) in [6.07, 6.45) is 4.31. The third kappa shape index (κ3) is 2.58. The molecule has 1 aliphatic heterocycles. The van der Waals surface area contributed by atoms with Gasteiger partial charge in [0.2, 0.25) is 5.95 Å². The largest absolute Gasteiger partial charge is 0.339 e. The van der Waals surface area contributed by atoms with E-state index >= 15 is 0 Å². The molecular weight excluding hydrogens is 212 g/mol. The van der Waals surface area contributed by atoms with Crippen LogP contribution in [-0.2, 0) is 0 Å². The first-order chi connectivity index (χ1) is 7.15. The minimum atomic E-state index is 0.216. The Balaban J connectivity index is 2.12. The van der Waals surface area contributed by atoms with Gasteiger partial charge in [0.1, 0.15) is 0 Å². The molecule has 1 aromatic rings. The van der Waals surface area contributed by atoms with Crippen molar-refractivity contribution in [3.63, 3.8) is 0 Å². The second-order valence-corrected chi connectivity index (χ2v) is 4.64. The summed E-state index contributed by atoms with van der Waals surface area (Å²) in [5, 5.41) is 0.563. The van der Waals surface area contributed by atoms with Crippen LogP contribution in [-0.4, -0.2) is 29.1 Å². The molecule has 0 spiro atoms. The number of aromatic nitrogens is 2. The standard InChI is InChI=1S/C10H15ClN4/c1-7-2-9(12)6-15(5-7)10-13-3-8(11)4-14-10/h3-4,7,9H,2,5-6,12H2,1H3. The molecule has 1 aliphatic rings. The lowest BCUT2D eigenvalue weighted by Gasteiger charge is -2.34. The predicted molar refractivity (Wildman–Crippen MR) is 61.0 cm³/mol. The van der Waals surface area contributed by atoms with Gasteiger partial charge in [-0.05, 0) is 12.3 Å². The van der Waals surface area contributed by atoms with Crippen molar-refractivity contribution in [2.24, 2.45) is 11.7 Å². The van der Waals surface area contributed by atoms with Gasteiger partial charge >= 0.3 is 0 Å². The Kier molecular flexibility index (Phi) is 3.07. The summed E-state index contributed by atoms with van der Waals surface area (Å²) in [7, 11) is 0. The van der Waals surface area contributed by atoms with Crippen LogP contribution in [0.1, 0.15) is 13.3 Å². The Labute approximate surface area is 94.5 Å². The zero-order valence-corrected chi connectivity index (χ0v) is 9.48. The van der Waals surface area contributed by atoms with E-state index in [1.807, 2.05) is 0 Å². The number of hydrogen-bond donors (Lipinski definition) is 1. The van der Waals surface area contributed by atoms with E-state index in [-0.39, 0.29) is 6.04 Å². The number of hydrogen-bond acceptors (Lipinski definition) is 4. The van der Waals surface area contributed by atoms with Gasteiger partial charge in [-0.1, -0.05) is 18.5 Å². The molecule has 4 nitrogen and oxygen atoms in total. The van der Waals surface area contributed by atoms with Crippen molar-refractivity contribution in [1.29, 1.82) is 0 Å². The van der Waals surface area contributed by atoms with E-state index in [2.05, 4.69) is 21.8 Å². The predicted octanol–water partition coefficient (Wildman–Crippen LogP) is 1.30. The van der Waals surface area contributed by atoms with E-state index in [1.54, 1.807) is 12.4 Å². The summed E-state index contributed by atoms with van der Waals surface area (Å²) in [5.74, 6) is 1.31. The van der Waals surface area contributed by atoms with Crippen LogP contribution in [0.25, 0.3) is 0 Å². The highest BCUT2D eigenvalue weighted by atomic mass is 35.5. The van der Waals surface area contributed by atoms with Gasteiger partial charge in [-0.2, -0.15) is 0 Å². The van der Waals surface area contributed by atoms with Gasteiger partial charge in [-0.25, -0.2) is 9.97 Å². The third-order valence-corrected chi connectivity index (χ3v) is 2.78. The van der Waals surface area contributed by atoms with E-state index in [9.17, 15) is 0 Å². The highest BCUT2D eigenvalue weighted by Gasteiger charge is 2.23. The molecule has 1 aromatic heterocycles. The summed E-state index contributed by atoms with van der Waals surface area (Å²) >= 11 is 5.74. The van der Waals surface area contributed by atoms with Crippen LogP contribution in [0.5, 0.6) is 0 Å². The number of nitrogens with zero attached hydrogens (tertiary/aromatic N) is 3. The Morgan fingerprint density at radius 1 is 1.40 bits per heavy atom. The zero-order valence-electron chi connectivity index (χ0n) is 8.73. The maximum absolute atomic E-state index is 5.96. The average molecular weight is 227 g/mol. The number of rotatable bonds is 1. The fourth-order valence-electron chi connectivity index (χ4n) is 2.03. The van der Waals surface area contributed by atoms with Gasteiger partial charge in [0.05, 0.1) is 17.4 Å². The number of piperidine rings is 1. The monoisotopic (exact) mass is 226 g/mol. The lowest BCUT2D eigenvalue weighted by atomic mass is 9.97. The lowest BCUT2D eigenvalue weighted by molar-refractivity contribution is 0.398. The van der Waals surface area contributed by atoms with E-state index < -0.39 is 0 Å². The fourth-order valence-corrected chi connectivity index (χ4v) is 2.13.